The van der Waals surface area contributed by atoms with Crippen LogP contribution in [-0.4, -0.2) is 45.2 Å². The number of esters is 3. The van der Waals surface area contributed by atoms with Crippen molar-refractivity contribution < 1.29 is 33.7 Å². The number of ether oxygens (including phenoxy) is 3. The van der Waals surface area contributed by atoms with Crippen molar-refractivity contribution in [2.45, 2.75) is 25.6 Å². The molecule has 0 spiro atoms. The molecule has 26 heavy (non-hydrogen) atoms. The van der Waals surface area contributed by atoms with Gasteiger partial charge in [0.15, 0.2) is 5.75 Å². The van der Waals surface area contributed by atoms with E-state index in [0.29, 0.717) is 6.42 Å². The van der Waals surface area contributed by atoms with Gasteiger partial charge in [-0.15, -0.1) is 0 Å². The number of hydrogen-bond acceptors (Lipinski definition) is 9. The first kappa shape index (κ1) is 16.5. The van der Waals surface area contributed by atoms with E-state index in [4.69, 9.17) is 14.2 Å². The zero-order valence-corrected chi connectivity index (χ0v) is 13.8. The van der Waals surface area contributed by atoms with Crippen LogP contribution in [0.3, 0.4) is 0 Å². The first-order chi connectivity index (χ1) is 12.4. The second kappa shape index (κ2) is 5.79. The van der Waals surface area contributed by atoms with Gasteiger partial charge >= 0.3 is 23.9 Å². The monoisotopic (exact) mass is 360 g/mol. The van der Waals surface area contributed by atoms with Crippen molar-refractivity contribution in [3.8, 4) is 11.8 Å². The smallest absolute Gasteiger partial charge is 0.333 e. The fourth-order valence-corrected chi connectivity index (χ4v) is 4.21. The van der Waals surface area contributed by atoms with E-state index in [9.17, 15) is 19.5 Å². The summed E-state index contributed by atoms with van der Waals surface area (Å²) in [6.07, 6.45) is 1.48. The molecule has 0 radical (unpaired) electrons. The van der Waals surface area contributed by atoms with E-state index in [0.717, 1.165) is 12.4 Å². The fourth-order valence-electron chi connectivity index (χ4n) is 4.21. The van der Waals surface area contributed by atoms with Crippen LogP contribution in [0, 0.1) is 23.7 Å². The maximum Gasteiger partial charge on any atom is 0.333 e. The topological polar surface area (TPSA) is 125 Å². The van der Waals surface area contributed by atoms with E-state index in [-0.39, 0.29) is 29.2 Å². The zero-order chi connectivity index (χ0) is 18.6. The van der Waals surface area contributed by atoms with Crippen molar-refractivity contribution >= 4 is 17.9 Å². The molecule has 136 valence electrons. The lowest BCUT2D eigenvalue weighted by molar-refractivity contribution is -0.160. The van der Waals surface area contributed by atoms with Crippen LogP contribution >= 0.6 is 0 Å². The van der Waals surface area contributed by atoms with Gasteiger partial charge in [-0.25, -0.2) is 4.79 Å². The highest BCUT2D eigenvalue weighted by molar-refractivity contribution is 5.89. The molecular weight excluding hydrogens is 344 g/mol. The molecule has 0 aromatic carbocycles. The number of rotatable bonds is 4. The second-order valence-corrected chi connectivity index (χ2v) is 6.81. The van der Waals surface area contributed by atoms with Gasteiger partial charge in [-0.05, 0) is 13.3 Å². The Hall–Kier alpha value is -2.97. The minimum Gasteiger partial charge on any atom is -0.505 e. The quantitative estimate of drug-likeness (QED) is 0.599. The van der Waals surface area contributed by atoms with Crippen LogP contribution in [0.5, 0.6) is 11.8 Å². The van der Waals surface area contributed by atoms with Crippen molar-refractivity contribution in [3.63, 3.8) is 0 Å². The van der Waals surface area contributed by atoms with Gasteiger partial charge in [-0.1, -0.05) is 6.58 Å². The summed E-state index contributed by atoms with van der Waals surface area (Å²) >= 11 is 0. The minimum atomic E-state index is -0.799. The van der Waals surface area contributed by atoms with Crippen molar-refractivity contribution in [2.75, 3.05) is 0 Å². The van der Waals surface area contributed by atoms with Crippen LogP contribution < -0.4 is 4.74 Å². The Balaban J connectivity index is 1.56. The SMILES string of the molecule is C=C(C)C(=O)OC1C2CC3C1OC(=O)C3C2C(=O)Oc1ncc(O)cn1. The highest BCUT2D eigenvalue weighted by Crippen LogP contribution is 2.59. The van der Waals surface area contributed by atoms with Crippen molar-refractivity contribution in [1.29, 1.82) is 0 Å². The van der Waals surface area contributed by atoms with Gasteiger partial charge in [0.05, 0.1) is 24.2 Å². The Morgan fingerprint density at radius 3 is 2.65 bits per heavy atom. The number of carbonyl (C=O) groups is 3. The van der Waals surface area contributed by atoms with Crippen LogP contribution in [0.25, 0.3) is 0 Å². The molecule has 1 N–H and O–H groups in total. The van der Waals surface area contributed by atoms with E-state index in [1.807, 2.05) is 0 Å². The van der Waals surface area contributed by atoms with Gasteiger partial charge in [-0.3, -0.25) is 9.59 Å². The molecular formula is C17H16N2O7. The zero-order valence-electron chi connectivity index (χ0n) is 13.8. The van der Waals surface area contributed by atoms with Gasteiger partial charge in [0, 0.05) is 17.4 Å². The first-order valence-corrected chi connectivity index (χ1v) is 8.16. The number of carbonyl (C=O) groups excluding carboxylic acids is 3. The molecule has 2 bridgehead atoms. The van der Waals surface area contributed by atoms with E-state index in [1.165, 1.54) is 6.92 Å². The number of hydrogen-bond donors (Lipinski definition) is 1. The molecule has 2 heterocycles. The lowest BCUT2D eigenvalue weighted by Gasteiger charge is -2.29. The Morgan fingerprint density at radius 1 is 1.31 bits per heavy atom. The van der Waals surface area contributed by atoms with Gasteiger partial charge in [0.25, 0.3) is 0 Å². The molecule has 1 aromatic rings. The van der Waals surface area contributed by atoms with Crippen LogP contribution in [0.15, 0.2) is 24.5 Å². The summed E-state index contributed by atoms with van der Waals surface area (Å²) < 4.78 is 16.0. The average molecular weight is 360 g/mol. The van der Waals surface area contributed by atoms with Crippen LogP contribution in [0.4, 0.5) is 0 Å². The lowest BCUT2D eigenvalue weighted by atomic mass is 9.78. The second-order valence-electron chi connectivity index (χ2n) is 6.81. The van der Waals surface area contributed by atoms with Crippen LogP contribution in [-0.2, 0) is 23.9 Å². The molecule has 0 amide bonds. The summed E-state index contributed by atoms with van der Waals surface area (Å²) in [5.74, 6) is -3.90. The van der Waals surface area contributed by atoms with Gasteiger partial charge in [-0.2, -0.15) is 9.97 Å². The summed E-state index contributed by atoms with van der Waals surface area (Å²) in [4.78, 5) is 44.2. The summed E-state index contributed by atoms with van der Waals surface area (Å²) in [5.41, 5.74) is 0.227. The van der Waals surface area contributed by atoms with Crippen molar-refractivity contribution in [2.24, 2.45) is 23.7 Å². The molecule has 9 heteroatoms. The Labute approximate surface area is 148 Å². The number of nitrogens with zero attached hydrogens (tertiary/aromatic N) is 2. The van der Waals surface area contributed by atoms with Crippen LogP contribution in [0.2, 0.25) is 0 Å². The predicted molar refractivity (Wildman–Crippen MR) is 82.5 cm³/mol. The molecule has 1 aromatic heterocycles. The highest BCUT2D eigenvalue weighted by atomic mass is 16.6. The maximum absolute atomic E-state index is 12.7. The fraction of sp³-hybridized carbons (Fsp3) is 0.471. The highest BCUT2D eigenvalue weighted by Gasteiger charge is 2.70. The molecule has 1 aliphatic heterocycles. The van der Waals surface area contributed by atoms with E-state index in [2.05, 4.69) is 16.5 Å². The Morgan fingerprint density at radius 2 is 2.00 bits per heavy atom. The summed E-state index contributed by atoms with van der Waals surface area (Å²) in [5, 5.41) is 9.19. The summed E-state index contributed by atoms with van der Waals surface area (Å²) in [6, 6.07) is -0.228. The normalized spacial score (nSPS) is 33.7. The van der Waals surface area contributed by atoms with Crippen molar-refractivity contribution in [3.05, 3.63) is 24.5 Å². The molecule has 6 atom stereocenters. The van der Waals surface area contributed by atoms with E-state index in [1.54, 1.807) is 0 Å². The van der Waals surface area contributed by atoms with Crippen LogP contribution in [0.1, 0.15) is 13.3 Å². The lowest BCUT2D eigenvalue weighted by Crippen LogP contribution is -2.44. The number of fused-ring (bicyclic) bond motifs is 1. The standard InChI is InChI=1S/C17H16N2O7/c1-6(2)14(21)24-12-9-3-8-10(15(22)25-13(8)12)11(9)16(23)26-17-18-4-7(20)5-19-17/h4-5,8-13,20H,1,3H2,2H3. The third kappa shape index (κ3) is 2.42. The average Bonchev–Trinajstić information content (AvgIpc) is 3.20. The molecule has 2 saturated carbocycles. The molecule has 3 fully saturated rings. The molecule has 1 saturated heterocycles. The molecule has 6 unspecified atom stereocenters. The van der Waals surface area contributed by atoms with Gasteiger partial charge in [0.2, 0.25) is 0 Å². The minimum absolute atomic E-state index is 0.168. The Kier molecular flexibility index (Phi) is 3.67. The van der Waals surface area contributed by atoms with E-state index < -0.39 is 42.0 Å². The summed E-state index contributed by atoms with van der Waals surface area (Å²) in [6.45, 7) is 5.06. The third-order valence-electron chi connectivity index (χ3n) is 5.22. The predicted octanol–water partition coefficient (Wildman–Crippen LogP) is 0.383. The molecule has 2 aliphatic carbocycles. The molecule has 9 nitrogen and oxygen atoms in total. The Bertz CT molecular complexity index is 806. The van der Waals surface area contributed by atoms with Gasteiger partial charge < -0.3 is 19.3 Å². The van der Waals surface area contributed by atoms with Crippen molar-refractivity contribution in [1.82, 2.24) is 9.97 Å². The molecule has 4 rings (SSSR count). The largest absolute Gasteiger partial charge is 0.505 e. The number of aromatic hydroxyl groups is 1. The molecule has 3 aliphatic rings. The maximum atomic E-state index is 12.7. The first-order valence-electron chi connectivity index (χ1n) is 8.16. The summed E-state index contributed by atoms with van der Waals surface area (Å²) in [7, 11) is 0. The number of aromatic nitrogens is 2. The third-order valence-corrected chi connectivity index (χ3v) is 5.22. The van der Waals surface area contributed by atoms with Gasteiger partial charge in [0.1, 0.15) is 12.2 Å². The van der Waals surface area contributed by atoms with E-state index >= 15 is 0 Å².